The number of amides is 1. The molecule has 1 saturated heterocycles. The molecule has 4 aromatic rings. The fourth-order valence-corrected chi connectivity index (χ4v) is 5.58. The SMILES string of the molecule is Cc1ccc(C)c(N2CCN(C(=O)COc3ccc(-c4ccc5c(c4)OCO5)cc3CN(C)Cc3nonc3C)CC2)c1. The number of hydrogen-bond donors (Lipinski definition) is 0. The van der Waals surface area contributed by atoms with E-state index >= 15 is 0 Å². The van der Waals surface area contributed by atoms with Crippen LogP contribution in [0.5, 0.6) is 17.2 Å². The molecule has 0 spiro atoms. The number of fused-ring (bicyclic) bond motifs is 1. The van der Waals surface area contributed by atoms with E-state index in [2.05, 4.69) is 58.2 Å². The molecule has 10 heteroatoms. The molecule has 3 aromatic carbocycles. The van der Waals surface area contributed by atoms with Gasteiger partial charge >= 0.3 is 0 Å². The van der Waals surface area contributed by atoms with Crippen LogP contribution in [0, 0.1) is 20.8 Å². The Morgan fingerprint density at radius 2 is 1.65 bits per heavy atom. The molecule has 10 nitrogen and oxygen atoms in total. The number of benzene rings is 3. The summed E-state index contributed by atoms with van der Waals surface area (Å²) in [5, 5.41) is 7.92. The topological polar surface area (TPSA) is 93.4 Å². The number of aryl methyl sites for hydroxylation is 3. The predicted molar refractivity (Wildman–Crippen MR) is 162 cm³/mol. The Labute approximate surface area is 251 Å². The second-order valence-corrected chi connectivity index (χ2v) is 11.3. The smallest absolute Gasteiger partial charge is 0.260 e. The Balaban J connectivity index is 1.15. The van der Waals surface area contributed by atoms with Crippen molar-refractivity contribution in [2.24, 2.45) is 0 Å². The van der Waals surface area contributed by atoms with E-state index in [0.717, 1.165) is 52.7 Å². The largest absolute Gasteiger partial charge is 0.483 e. The zero-order valence-electron chi connectivity index (χ0n) is 25.1. The van der Waals surface area contributed by atoms with Crippen LogP contribution in [-0.4, -0.2) is 72.6 Å². The van der Waals surface area contributed by atoms with Crippen molar-refractivity contribution >= 4 is 11.6 Å². The van der Waals surface area contributed by atoms with Crippen LogP contribution in [0.1, 0.15) is 28.1 Å². The number of nitrogens with zero attached hydrogens (tertiary/aromatic N) is 5. The van der Waals surface area contributed by atoms with Gasteiger partial charge in [0.1, 0.15) is 17.1 Å². The fourth-order valence-electron chi connectivity index (χ4n) is 5.58. The molecule has 1 amide bonds. The van der Waals surface area contributed by atoms with Crippen LogP contribution in [0.4, 0.5) is 5.69 Å². The average molecular weight is 584 g/mol. The summed E-state index contributed by atoms with van der Waals surface area (Å²) in [6.45, 7) is 10.4. The van der Waals surface area contributed by atoms with Crippen molar-refractivity contribution in [3.05, 3.63) is 82.7 Å². The third-order valence-electron chi connectivity index (χ3n) is 8.06. The van der Waals surface area contributed by atoms with Crippen molar-refractivity contribution < 1.29 is 23.6 Å². The van der Waals surface area contributed by atoms with Gasteiger partial charge in [-0.3, -0.25) is 9.69 Å². The highest BCUT2D eigenvalue weighted by Crippen LogP contribution is 2.37. The summed E-state index contributed by atoms with van der Waals surface area (Å²) >= 11 is 0. The molecule has 0 radical (unpaired) electrons. The van der Waals surface area contributed by atoms with Gasteiger partial charge in [-0.15, -0.1) is 0 Å². The number of hydrogen-bond acceptors (Lipinski definition) is 9. The minimum Gasteiger partial charge on any atom is -0.483 e. The molecule has 43 heavy (non-hydrogen) atoms. The summed E-state index contributed by atoms with van der Waals surface area (Å²) in [7, 11) is 2.01. The number of rotatable bonds is 9. The molecule has 0 atom stereocenters. The fraction of sp³-hybridized carbons (Fsp3) is 0.364. The number of carbonyl (C=O) groups excluding carboxylic acids is 1. The first-order chi connectivity index (χ1) is 20.8. The van der Waals surface area contributed by atoms with E-state index in [4.69, 9.17) is 18.8 Å². The maximum atomic E-state index is 13.2. The summed E-state index contributed by atoms with van der Waals surface area (Å²) in [4.78, 5) is 19.6. The number of anilines is 1. The van der Waals surface area contributed by atoms with Gasteiger partial charge in [0.05, 0.1) is 0 Å². The molecule has 1 fully saturated rings. The van der Waals surface area contributed by atoms with Gasteiger partial charge in [0.2, 0.25) is 6.79 Å². The van der Waals surface area contributed by atoms with Crippen molar-refractivity contribution in [3.63, 3.8) is 0 Å². The third kappa shape index (κ3) is 6.44. The van der Waals surface area contributed by atoms with E-state index in [1.54, 1.807) is 0 Å². The Morgan fingerprint density at radius 3 is 2.44 bits per heavy atom. The van der Waals surface area contributed by atoms with Gasteiger partial charge in [-0.2, -0.15) is 0 Å². The molecular weight excluding hydrogens is 546 g/mol. The lowest BCUT2D eigenvalue weighted by molar-refractivity contribution is -0.133. The average Bonchev–Trinajstić information content (AvgIpc) is 3.65. The van der Waals surface area contributed by atoms with Crippen LogP contribution in [0.2, 0.25) is 0 Å². The van der Waals surface area contributed by atoms with E-state index in [1.165, 1.54) is 16.8 Å². The lowest BCUT2D eigenvalue weighted by Crippen LogP contribution is -2.50. The van der Waals surface area contributed by atoms with Gasteiger partial charge in [0.25, 0.3) is 5.91 Å². The molecule has 0 unspecified atom stereocenters. The molecule has 224 valence electrons. The van der Waals surface area contributed by atoms with E-state index < -0.39 is 0 Å². The molecule has 2 aliphatic rings. The second-order valence-electron chi connectivity index (χ2n) is 11.3. The van der Waals surface area contributed by atoms with Gasteiger partial charge in [0, 0.05) is 50.5 Å². The first-order valence-electron chi connectivity index (χ1n) is 14.6. The van der Waals surface area contributed by atoms with Gasteiger partial charge < -0.3 is 24.0 Å². The Kier molecular flexibility index (Phi) is 8.20. The molecule has 3 heterocycles. The zero-order valence-corrected chi connectivity index (χ0v) is 25.1. The van der Waals surface area contributed by atoms with Crippen LogP contribution >= 0.6 is 0 Å². The van der Waals surface area contributed by atoms with Crippen molar-refractivity contribution in [3.8, 4) is 28.4 Å². The van der Waals surface area contributed by atoms with E-state index in [0.29, 0.717) is 31.9 Å². The van der Waals surface area contributed by atoms with E-state index in [-0.39, 0.29) is 19.3 Å². The quantitative estimate of drug-likeness (QED) is 0.277. The normalized spacial score (nSPS) is 14.4. The highest BCUT2D eigenvalue weighted by atomic mass is 16.7. The van der Waals surface area contributed by atoms with E-state index in [1.807, 2.05) is 49.2 Å². The minimum absolute atomic E-state index is 0.0101. The maximum Gasteiger partial charge on any atom is 0.260 e. The second kappa shape index (κ2) is 12.3. The summed E-state index contributed by atoms with van der Waals surface area (Å²) in [5.74, 6) is 2.14. The van der Waals surface area contributed by atoms with Gasteiger partial charge in [-0.05, 0) is 80.4 Å². The standard InChI is InChI=1S/C33H37N5O5/c1-22-5-6-23(2)29(15-22)37-11-13-38(14-12-37)33(39)20-40-30-9-7-25(26-8-10-31-32(17-26)42-21-41-31)16-27(30)18-36(4)19-28-24(3)34-43-35-28/h5-10,15-17H,11-14,18-21H2,1-4H3. The predicted octanol–water partition coefficient (Wildman–Crippen LogP) is 4.75. The molecule has 0 saturated carbocycles. The highest BCUT2D eigenvalue weighted by molar-refractivity contribution is 5.78. The summed E-state index contributed by atoms with van der Waals surface area (Å²) in [6.07, 6.45) is 0. The van der Waals surface area contributed by atoms with Crippen molar-refractivity contribution in [2.45, 2.75) is 33.9 Å². The van der Waals surface area contributed by atoms with Crippen molar-refractivity contribution in [1.82, 2.24) is 20.1 Å². The van der Waals surface area contributed by atoms with Crippen LogP contribution in [-0.2, 0) is 17.9 Å². The summed E-state index contributed by atoms with van der Waals surface area (Å²) < 4.78 is 22.2. The molecule has 2 aliphatic heterocycles. The molecule has 1 aromatic heterocycles. The monoisotopic (exact) mass is 583 g/mol. The lowest BCUT2D eigenvalue weighted by Gasteiger charge is -2.37. The van der Waals surface area contributed by atoms with Crippen molar-refractivity contribution in [1.29, 1.82) is 0 Å². The third-order valence-corrected chi connectivity index (χ3v) is 8.06. The highest BCUT2D eigenvalue weighted by Gasteiger charge is 2.23. The Bertz CT molecular complexity index is 1610. The Morgan fingerprint density at radius 1 is 0.884 bits per heavy atom. The molecular formula is C33H37N5O5. The van der Waals surface area contributed by atoms with Crippen LogP contribution in [0.3, 0.4) is 0 Å². The van der Waals surface area contributed by atoms with Crippen LogP contribution < -0.4 is 19.1 Å². The van der Waals surface area contributed by atoms with Crippen LogP contribution in [0.15, 0.2) is 59.2 Å². The number of aromatic nitrogens is 2. The number of piperazine rings is 1. The summed E-state index contributed by atoms with van der Waals surface area (Å²) in [6, 6.07) is 18.5. The maximum absolute atomic E-state index is 13.2. The lowest BCUT2D eigenvalue weighted by atomic mass is 10.0. The molecule has 6 rings (SSSR count). The first kappa shape index (κ1) is 28.5. The van der Waals surface area contributed by atoms with E-state index in [9.17, 15) is 4.79 Å². The van der Waals surface area contributed by atoms with Crippen LogP contribution in [0.25, 0.3) is 11.1 Å². The number of carbonyl (C=O) groups is 1. The molecule has 0 aliphatic carbocycles. The number of ether oxygens (including phenoxy) is 3. The van der Waals surface area contributed by atoms with Gasteiger partial charge in [0.15, 0.2) is 18.1 Å². The molecule has 0 N–H and O–H groups in total. The Hall–Kier alpha value is -4.57. The first-order valence-corrected chi connectivity index (χ1v) is 14.6. The zero-order chi connectivity index (χ0) is 29.9. The minimum atomic E-state index is -0.0180. The van der Waals surface area contributed by atoms with Gasteiger partial charge in [-0.25, -0.2) is 4.63 Å². The van der Waals surface area contributed by atoms with Crippen molar-refractivity contribution in [2.75, 3.05) is 51.5 Å². The molecule has 0 bridgehead atoms. The van der Waals surface area contributed by atoms with Gasteiger partial charge in [-0.1, -0.05) is 34.6 Å². The summed E-state index contributed by atoms with van der Waals surface area (Å²) in [5.41, 5.74) is 8.27.